The number of carboxylic acid groups (broad SMARTS) is 1. The molecule has 6 heteroatoms. The van der Waals surface area contributed by atoms with Crippen LogP contribution in [0.3, 0.4) is 0 Å². The summed E-state index contributed by atoms with van der Waals surface area (Å²) in [5, 5.41) is 12.2. The van der Waals surface area contributed by atoms with Crippen molar-refractivity contribution in [3.63, 3.8) is 0 Å². The number of benzene rings is 1. The Balaban J connectivity index is 1.62. The molecule has 1 aromatic carbocycles. The molecule has 0 unspecified atom stereocenters. The highest BCUT2D eigenvalue weighted by atomic mass is 19.1. The van der Waals surface area contributed by atoms with Gasteiger partial charge in [-0.05, 0) is 56.9 Å². The van der Waals surface area contributed by atoms with Crippen LogP contribution in [-0.4, -0.2) is 28.0 Å². The van der Waals surface area contributed by atoms with Crippen LogP contribution in [0.15, 0.2) is 42.6 Å². The number of hydrogen-bond donors (Lipinski definition) is 2. The molecule has 3 rings (SSSR count). The third kappa shape index (κ3) is 3.90. The van der Waals surface area contributed by atoms with E-state index in [9.17, 15) is 19.1 Å². The summed E-state index contributed by atoms with van der Waals surface area (Å²) in [5.41, 5.74) is 0.972. The quantitative estimate of drug-likeness (QED) is 0.876. The fourth-order valence-electron chi connectivity index (χ4n) is 3.23. The Morgan fingerprint density at radius 2 is 1.96 bits per heavy atom. The highest BCUT2D eigenvalue weighted by molar-refractivity contribution is 5.94. The molecule has 1 aromatic heterocycles. The van der Waals surface area contributed by atoms with E-state index < -0.39 is 11.4 Å². The van der Waals surface area contributed by atoms with Gasteiger partial charge in [0.15, 0.2) is 0 Å². The monoisotopic (exact) mass is 356 g/mol. The van der Waals surface area contributed by atoms with Crippen molar-refractivity contribution in [1.29, 1.82) is 0 Å². The fourth-order valence-corrected chi connectivity index (χ4v) is 3.23. The van der Waals surface area contributed by atoms with Gasteiger partial charge in [0.25, 0.3) is 5.91 Å². The molecule has 26 heavy (non-hydrogen) atoms. The van der Waals surface area contributed by atoms with Gasteiger partial charge in [-0.15, -0.1) is 0 Å². The van der Waals surface area contributed by atoms with Crippen molar-refractivity contribution < 1.29 is 19.1 Å². The number of pyridine rings is 1. The minimum absolute atomic E-state index is 0.0298. The molecular formula is C20H21FN2O3. The van der Waals surface area contributed by atoms with E-state index in [0.29, 0.717) is 42.5 Å². The van der Waals surface area contributed by atoms with Crippen LogP contribution in [-0.2, 0) is 4.79 Å². The van der Waals surface area contributed by atoms with Gasteiger partial charge < -0.3 is 10.4 Å². The zero-order valence-corrected chi connectivity index (χ0v) is 14.5. The van der Waals surface area contributed by atoms with E-state index in [1.165, 1.54) is 18.3 Å². The third-order valence-electron chi connectivity index (χ3n) is 5.09. The molecule has 0 spiro atoms. The summed E-state index contributed by atoms with van der Waals surface area (Å²) in [7, 11) is 0. The van der Waals surface area contributed by atoms with Gasteiger partial charge in [0.05, 0.1) is 16.7 Å². The summed E-state index contributed by atoms with van der Waals surface area (Å²) < 4.78 is 13.3. The van der Waals surface area contributed by atoms with E-state index in [-0.39, 0.29) is 17.8 Å². The van der Waals surface area contributed by atoms with Crippen molar-refractivity contribution in [3.05, 3.63) is 54.0 Å². The molecule has 1 fully saturated rings. The lowest BCUT2D eigenvalue weighted by molar-refractivity contribution is -0.149. The maximum Gasteiger partial charge on any atom is 0.309 e. The van der Waals surface area contributed by atoms with E-state index in [1.807, 2.05) is 0 Å². The fraction of sp³-hybridized carbons (Fsp3) is 0.350. The molecule has 1 amide bonds. The summed E-state index contributed by atoms with van der Waals surface area (Å²) in [6.45, 7) is 1.75. The number of nitrogens with one attached hydrogen (secondary N) is 1. The molecule has 0 atom stereocenters. The average molecular weight is 356 g/mol. The third-order valence-corrected chi connectivity index (χ3v) is 5.09. The molecule has 1 aliphatic carbocycles. The van der Waals surface area contributed by atoms with Crippen LogP contribution in [0.25, 0.3) is 11.3 Å². The summed E-state index contributed by atoms with van der Waals surface area (Å²) in [4.78, 5) is 27.9. The van der Waals surface area contributed by atoms with Gasteiger partial charge in [-0.3, -0.25) is 14.6 Å². The number of rotatable bonds is 4. The molecule has 1 saturated carbocycles. The van der Waals surface area contributed by atoms with Crippen molar-refractivity contribution in [2.45, 2.75) is 38.6 Å². The Kier molecular flexibility index (Phi) is 5.02. The second kappa shape index (κ2) is 7.23. The number of carboxylic acids is 1. The molecule has 0 aliphatic heterocycles. The number of hydrogen-bond acceptors (Lipinski definition) is 3. The number of nitrogens with zero attached hydrogens (tertiary/aromatic N) is 1. The van der Waals surface area contributed by atoms with Crippen LogP contribution >= 0.6 is 0 Å². The second-order valence-electron chi connectivity index (χ2n) is 7.06. The van der Waals surface area contributed by atoms with E-state index >= 15 is 0 Å². The first-order valence-corrected chi connectivity index (χ1v) is 8.64. The number of aromatic nitrogens is 1. The number of halogens is 1. The highest BCUT2D eigenvalue weighted by Crippen LogP contribution is 2.36. The van der Waals surface area contributed by atoms with Gasteiger partial charge in [0, 0.05) is 17.8 Å². The highest BCUT2D eigenvalue weighted by Gasteiger charge is 2.37. The summed E-state index contributed by atoms with van der Waals surface area (Å²) >= 11 is 0. The molecule has 5 nitrogen and oxygen atoms in total. The standard InChI is InChI=1S/C20H21FN2O3/c1-20(19(25)26)9-7-16(8-10-20)23-18(24)14-5-6-17(22-12-14)13-3-2-4-15(21)11-13/h2-6,11-12,16H,7-10H2,1H3,(H,23,24)(H,25,26). The van der Waals surface area contributed by atoms with Crippen LogP contribution in [0.4, 0.5) is 4.39 Å². The first-order valence-electron chi connectivity index (χ1n) is 8.64. The molecular weight excluding hydrogens is 335 g/mol. The van der Waals surface area contributed by atoms with E-state index in [4.69, 9.17) is 0 Å². The molecule has 2 aromatic rings. The van der Waals surface area contributed by atoms with Gasteiger partial charge >= 0.3 is 5.97 Å². The maximum absolute atomic E-state index is 13.3. The Morgan fingerprint density at radius 1 is 1.23 bits per heavy atom. The van der Waals surface area contributed by atoms with Gasteiger partial charge in [0.2, 0.25) is 0 Å². The first-order chi connectivity index (χ1) is 12.4. The zero-order valence-electron chi connectivity index (χ0n) is 14.5. The van der Waals surface area contributed by atoms with Gasteiger partial charge in [-0.25, -0.2) is 4.39 Å². The Bertz CT molecular complexity index is 812. The average Bonchev–Trinajstić information content (AvgIpc) is 2.64. The zero-order chi connectivity index (χ0) is 18.7. The topological polar surface area (TPSA) is 79.3 Å². The Morgan fingerprint density at radius 3 is 2.54 bits per heavy atom. The predicted octanol–water partition coefficient (Wildman–Crippen LogP) is 3.65. The van der Waals surface area contributed by atoms with E-state index in [0.717, 1.165) is 0 Å². The number of aliphatic carboxylic acids is 1. The molecule has 0 saturated heterocycles. The van der Waals surface area contributed by atoms with Crippen molar-refractivity contribution in [2.24, 2.45) is 5.41 Å². The predicted molar refractivity (Wildman–Crippen MR) is 95.1 cm³/mol. The van der Waals surface area contributed by atoms with Crippen molar-refractivity contribution in [3.8, 4) is 11.3 Å². The normalized spacial score (nSPS) is 22.6. The Hall–Kier alpha value is -2.76. The molecule has 0 bridgehead atoms. The SMILES string of the molecule is CC1(C(=O)O)CCC(NC(=O)c2ccc(-c3cccc(F)c3)nc2)CC1. The van der Waals surface area contributed by atoms with Crippen LogP contribution in [0.5, 0.6) is 0 Å². The molecule has 0 radical (unpaired) electrons. The lowest BCUT2D eigenvalue weighted by Crippen LogP contribution is -2.42. The van der Waals surface area contributed by atoms with Crippen molar-refractivity contribution in [1.82, 2.24) is 10.3 Å². The van der Waals surface area contributed by atoms with E-state index in [1.54, 1.807) is 31.2 Å². The van der Waals surface area contributed by atoms with Crippen LogP contribution < -0.4 is 5.32 Å². The number of carbonyl (C=O) groups excluding carboxylic acids is 1. The minimum Gasteiger partial charge on any atom is -0.481 e. The van der Waals surface area contributed by atoms with Gasteiger partial charge in [-0.2, -0.15) is 0 Å². The smallest absolute Gasteiger partial charge is 0.309 e. The van der Waals surface area contributed by atoms with E-state index in [2.05, 4.69) is 10.3 Å². The lowest BCUT2D eigenvalue weighted by atomic mass is 9.74. The minimum atomic E-state index is -0.778. The van der Waals surface area contributed by atoms with Gasteiger partial charge in [0.1, 0.15) is 5.82 Å². The van der Waals surface area contributed by atoms with Crippen molar-refractivity contribution in [2.75, 3.05) is 0 Å². The number of carbonyl (C=O) groups is 2. The summed E-state index contributed by atoms with van der Waals surface area (Å²) in [5.74, 6) is -1.34. The van der Waals surface area contributed by atoms with Crippen LogP contribution in [0.2, 0.25) is 0 Å². The van der Waals surface area contributed by atoms with Crippen molar-refractivity contribution >= 4 is 11.9 Å². The molecule has 136 valence electrons. The lowest BCUT2D eigenvalue weighted by Gasteiger charge is -2.34. The summed E-state index contributed by atoms with van der Waals surface area (Å²) in [6.07, 6.45) is 3.85. The molecule has 1 heterocycles. The maximum atomic E-state index is 13.3. The van der Waals surface area contributed by atoms with Crippen LogP contribution in [0, 0.1) is 11.2 Å². The molecule has 2 N–H and O–H groups in total. The Labute approximate surface area is 151 Å². The first kappa shape index (κ1) is 18.0. The van der Waals surface area contributed by atoms with Gasteiger partial charge in [-0.1, -0.05) is 12.1 Å². The largest absolute Gasteiger partial charge is 0.481 e. The number of amides is 1. The van der Waals surface area contributed by atoms with Crippen LogP contribution in [0.1, 0.15) is 43.0 Å². The molecule has 1 aliphatic rings. The second-order valence-corrected chi connectivity index (χ2v) is 7.06. The summed E-state index contributed by atoms with van der Waals surface area (Å²) in [6, 6.07) is 9.44.